The summed E-state index contributed by atoms with van der Waals surface area (Å²) in [4.78, 5) is 25.2. The van der Waals surface area contributed by atoms with Gasteiger partial charge in [-0.05, 0) is 43.0 Å². The van der Waals surface area contributed by atoms with E-state index in [4.69, 9.17) is 0 Å². The SMILES string of the molecule is CC(=O)Nc1ccc(S(=O)(=O)N(C)CC(=O)N2CCC(C)CC2)cc1. The van der Waals surface area contributed by atoms with Gasteiger partial charge in [0.25, 0.3) is 0 Å². The maximum Gasteiger partial charge on any atom is 0.243 e. The van der Waals surface area contributed by atoms with Crippen LogP contribution in [0, 0.1) is 5.92 Å². The number of amides is 2. The molecule has 25 heavy (non-hydrogen) atoms. The lowest BCUT2D eigenvalue weighted by Crippen LogP contribution is -2.44. The van der Waals surface area contributed by atoms with E-state index in [1.165, 1.54) is 38.2 Å². The second-order valence-corrected chi connectivity index (χ2v) is 8.57. The first-order chi connectivity index (χ1) is 11.7. The zero-order valence-corrected chi connectivity index (χ0v) is 15.7. The second-order valence-electron chi connectivity index (χ2n) is 6.53. The van der Waals surface area contributed by atoms with Crippen LogP contribution in [0.15, 0.2) is 29.2 Å². The lowest BCUT2D eigenvalue weighted by molar-refractivity contribution is -0.132. The molecule has 2 amide bonds. The van der Waals surface area contributed by atoms with Gasteiger partial charge >= 0.3 is 0 Å². The summed E-state index contributed by atoms with van der Waals surface area (Å²) in [5, 5.41) is 2.58. The fourth-order valence-electron chi connectivity index (χ4n) is 2.73. The Morgan fingerprint density at radius 2 is 1.76 bits per heavy atom. The summed E-state index contributed by atoms with van der Waals surface area (Å²) < 4.78 is 26.3. The van der Waals surface area contributed by atoms with E-state index in [2.05, 4.69) is 12.2 Å². The van der Waals surface area contributed by atoms with Crippen molar-refractivity contribution in [3.05, 3.63) is 24.3 Å². The molecule has 1 aliphatic heterocycles. The van der Waals surface area contributed by atoms with Gasteiger partial charge in [0.15, 0.2) is 0 Å². The molecule has 0 unspecified atom stereocenters. The third-order valence-corrected chi connectivity index (χ3v) is 6.19. The van der Waals surface area contributed by atoms with Crippen LogP contribution in [0.2, 0.25) is 0 Å². The maximum absolute atomic E-state index is 12.6. The van der Waals surface area contributed by atoms with E-state index in [9.17, 15) is 18.0 Å². The van der Waals surface area contributed by atoms with Crippen LogP contribution in [0.1, 0.15) is 26.7 Å². The molecule has 0 aliphatic carbocycles. The van der Waals surface area contributed by atoms with E-state index in [0.717, 1.165) is 17.1 Å². The standard InChI is InChI=1S/C17H25N3O4S/c1-13-8-10-20(11-9-13)17(22)12-19(3)25(23,24)16-6-4-15(5-7-16)18-14(2)21/h4-7,13H,8-12H2,1-3H3,(H,18,21). The van der Waals surface area contributed by atoms with Gasteiger partial charge in [-0.3, -0.25) is 9.59 Å². The molecule has 7 nitrogen and oxygen atoms in total. The van der Waals surface area contributed by atoms with Gasteiger partial charge in [0, 0.05) is 32.7 Å². The van der Waals surface area contributed by atoms with Gasteiger partial charge in [-0.1, -0.05) is 6.92 Å². The number of sulfonamides is 1. The molecule has 1 fully saturated rings. The monoisotopic (exact) mass is 367 g/mol. The topological polar surface area (TPSA) is 86.8 Å². The summed E-state index contributed by atoms with van der Waals surface area (Å²) in [6.45, 7) is 4.72. The van der Waals surface area contributed by atoms with Gasteiger partial charge in [0.05, 0.1) is 11.4 Å². The van der Waals surface area contributed by atoms with Crippen molar-refractivity contribution in [2.24, 2.45) is 5.92 Å². The van der Waals surface area contributed by atoms with Gasteiger partial charge in [0.1, 0.15) is 0 Å². The average molecular weight is 367 g/mol. The van der Waals surface area contributed by atoms with Crippen LogP contribution >= 0.6 is 0 Å². The quantitative estimate of drug-likeness (QED) is 0.855. The molecule has 8 heteroatoms. The van der Waals surface area contributed by atoms with Crippen LogP contribution in [-0.4, -0.2) is 56.1 Å². The summed E-state index contributed by atoms with van der Waals surface area (Å²) in [6.07, 6.45) is 1.90. The Labute approximate surface area is 149 Å². The fourth-order valence-corrected chi connectivity index (χ4v) is 3.85. The minimum Gasteiger partial charge on any atom is -0.342 e. The van der Waals surface area contributed by atoms with Crippen LogP contribution in [0.4, 0.5) is 5.69 Å². The molecule has 1 aromatic rings. The van der Waals surface area contributed by atoms with Crippen molar-refractivity contribution in [3.8, 4) is 0 Å². The largest absolute Gasteiger partial charge is 0.342 e. The number of anilines is 1. The zero-order chi connectivity index (χ0) is 18.6. The number of hydrogen-bond acceptors (Lipinski definition) is 4. The molecular formula is C17H25N3O4S. The molecular weight excluding hydrogens is 342 g/mol. The van der Waals surface area contributed by atoms with E-state index < -0.39 is 10.0 Å². The van der Waals surface area contributed by atoms with Crippen LogP contribution < -0.4 is 5.32 Å². The number of nitrogens with zero attached hydrogens (tertiary/aromatic N) is 2. The first-order valence-corrected chi connectivity index (χ1v) is 9.76. The Balaban J connectivity index is 2.02. The Hall–Kier alpha value is -1.93. The maximum atomic E-state index is 12.6. The number of benzene rings is 1. The van der Waals surface area contributed by atoms with E-state index >= 15 is 0 Å². The number of likely N-dealkylation sites (tertiary alicyclic amines) is 1. The molecule has 1 N–H and O–H groups in total. The zero-order valence-electron chi connectivity index (χ0n) is 14.9. The highest BCUT2D eigenvalue weighted by Crippen LogP contribution is 2.19. The number of hydrogen-bond donors (Lipinski definition) is 1. The van der Waals surface area contributed by atoms with Crippen LogP contribution in [0.3, 0.4) is 0 Å². The average Bonchev–Trinajstić information content (AvgIpc) is 2.55. The van der Waals surface area contributed by atoms with Gasteiger partial charge in [-0.2, -0.15) is 4.31 Å². The minimum absolute atomic E-state index is 0.0872. The normalized spacial score (nSPS) is 16.1. The third kappa shape index (κ3) is 5.02. The molecule has 0 spiro atoms. The summed E-state index contributed by atoms with van der Waals surface area (Å²) in [6, 6.07) is 5.89. The molecule has 1 heterocycles. The Bertz CT molecular complexity index is 723. The highest BCUT2D eigenvalue weighted by Gasteiger charge is 2.26. The van der Waals surface area contributed by atoms with E-state index in [-0.39, 0.29) is 23.3 Å². The first kappa shape index (κ1) is 19.4. The molecule has 1 aromatic carbocycles. The number of likely N-dealkylation sites (N-methyl/N-ethyl adjacent to an activating group) is 1. The fraction of sp³-hybridized carbons (Fsp3) is 0.529. The lowest BCUT2D eigenvalue weighted by atomic mass is 9.99. The van der Waals surface area contributed by atoms with Crippen molar-refractivity contribution in [1.29, 1.82) is 0 Å². The Morgan fingerprint density at radius 1 is 1.20 bits per heavy atom. The molecule has 0 saturated carbocycles. The Kier molecular flexibility index (Phi) is 6.18. The van der Waals surface area contributed by atoms with Crippen LogP contribution in [-0.2, 0) is 19.6 Å². The molecule has 0 radical (unpaired) electrons. The molecule has 1 aliphatic rings. The van der Waals surface area contributed by atoms with E-state index in [1.807, 2.05) is 0 Å². The highest BCUT2D eigenvalue weighted by atomic mass is 32.2. The number of nitrogens with one attached hydrogen (secondary N) is 1. The molecule has 0 bridgehead atoms. The number of carbonyl (C=O) groups is 2. The number of rotatable bonds is 5. The summed E-state index contributed by atoms with van der Waals surface area (Å²) in [7, 11) is -2.35. The predicted octanol–water partition coefficient (Wildman–Crippen LogP) is 1.52. The van der Waals surface area contributed by atoms with Crippen molar-refractivity contribution < 1.29 is 18.0 Å². The molecule has 1 saturated heterocycles. The number of piperidine rings is 1. The van der Waals surface area contributed by atoms with Gasteiger partial charge in [-0.15, -0.1) is 0 Å². The number of carbonyl (C=O) groups excluding carboxylic acids is 2. The lowest BCUT2D eigenvalue weighted by Gasteiger charge is -2.31. The summed E-state index contributed by atoms with van der Waals surface area (Å²) in [5.74, 6) is 0.203. The second kappa shape index (κ2) is 7.97. The van der Waals surface area contributed by atoms with Crippen molar-refractivity contribution in [3.63, 3.8) is 0 Å². The smallest absolute Gasteiger partial charge is 0.243 e. The first-order valence-electron chi connectivity index (χ1n) is 8.32. The van der Waals surface area contributed by atoms with Crippen molar-refractivity contribution in [2.45, 2.75) is 31.6 Å². The molecule has 138 valence electrons. The minimum atomic E-state index is -3.76. The summed E-state index contributed by atoms with van der Waals surface area (Å²) in [5.41, 5.74) is 0.521. The predicted molar refractivity (Wildman–Crippen MR) is 95.5 cm³/mol. The van der Waals surface area contributed by atoms with Crippen molar-refractivity contribution in [1.82, 2.24) is 9.21 Å². The highest BCUT2D eigenvalue weighted by molar-refractivity contribution is 7.89. The molecule has 2 rings (SSSR count). The van der Waals surface area contributed by atoms with Gasteiger partial charge in [0.2, 0.25) is 21.8 Å². The van der Waals surface area contributed by atoms with Crippen LogP contribution in [0.25, 0.3) is 0 Å². The summed E-state index contributed by atoms with van der Waals surface area (Å²) >= 11 is 0. The van der Waals surface area contributed by atoms with E-state index in [1.54, 1.807) is 4.90 Å². The Morgan fingerprint density at radius 3 is 2.28 bits per heavy atom. The van der Waals surface area contributed by atoms with Crippen LogP contribution in [0.5, 0.6) is 0 Å². The van der Waals surface area contributed by atoms with Gasteiger partial charge < -0.3 is 10.2 Å². The third-order valence-electron chi connectivity index (χ3n) is 4.38. The van der Waals surface area contributed by atoms with Gasteiger partial charge in [-0.25, -0.2) is 8.42 Å². The van der Waals surface area contributed by atoms with Crippen molar-refractivity contribution in [2.75, 3.05) is 32.0 Å². The molecule has 0 aromatic heterocycles. The van der Waals surface area contributed by atoms with Crippen molar-refractivity contribution >= 4 is 27.5 Å². The molecule has 0 atom stereocenters. The van der Waals surface area contributed by atoms with E-state index in [0.29, 0.717) is 24.7 Å².